The second kappa shape index (κ2) is 3.06. The van der Waals surface area contributed by atoms with E-state index in [0.717, 1.165) is 6.61 Å². The van der Waals surface area contributed by atoms with Crippen molar-refractivity contribution in [2.45, 2.75) is 12.8 Å². The van der Waals surface area contributed by atoms with E-state index in [4.69, 9.17) is 4.74 Å². The summed E-state index contributed by atoms with van der Waals surface area (Å²) in [5.74, 6) is 0. The summed E-state index contributed by atoms with van der Waals surface area (Å²) in [7, 11) is 5.88. The van der Waals surface area contributed by atoms with Crippen LogP contribution in [0.1, 0.15) is 12.8 Å². The molecule has 2 heteroatoms. The Hall–Kier alpha value is -0.500. The van der Waals surface area contributed by atoms with Crippen molar-refractivity contribution in [3.8, 4) is 0 Å². The largest absolute Gasteiger partial charge is 0.379 e. The van der Waals surface area contributed by atoms with Gasteiger partial charge in [0.1, 0.15) is 0 Å². The van der Waals surface area contributed by atoms with Crippen molar-refractivity contribution < 1.29 is 4.74 Å². The zero-order valence-electron chi connectivity index (χ0n) is 6.98. The fourth-order valence-electron chi connectivity index (χ4n) is 1.04. The van der Waals surface area contributed by atoms with Crippen LogP contribution in [0.25, 0.3) is 0 Å². The molecule has 0 aliphatic heterocycles. The number of hydrogen-bond donors (Lipinski definition) is 0. The molecule has 1 fully saturated rings. The minimum Gasteiger partial charge on any atom is -0.379 e. The lowest BCUT2D eigenvalue weighted by molar-refractivity contribution is 0.203. The molecule has 0 saturated heterocycles. The van der Waals surface area contributed by atoms with Gasteiger partial charge in [-0.25, -0.2) is 0 Å². The van der Waals surface area contributed by atoms with Gasteiger partial charge in [-0.2, -0.15) is 0 Å². The standard InChI is InChI=1S/C8H15NO/c1-9(2)8(6-10-3)7-4-5-7/h4-6H2,1-3H3. The van der Waals surface area contributed by atoms with Gasteiger partial charge in [-0.1, -0.05) is 0 Å². The fraction of sp³-hybridized carbons (Fsp3) is 0.750. The van der Waals surface area contributed by atoms with Crippen molar-refractivity contribution in [3.63, 3.8) is 0 Å². The highest BCUT2D eigenvalue weighted by molar-refractivity contribution is 5.24. The van der Waals surface area contributed by atoms with Crippen LogP contribution in [0.3, 0.4) is 0 Å². The molecular formula is C8H15NO. The molecule has 0 aromatic carbocycles. The van der Waals surface area contributed by atoms with Gasteiger partial charge in [-0.05, 0) is 18.4 Å². The van der Waals surface area contributed by atoms with E-state index < -0.39 is 0 Å². The highest BCUT2D eigenvalue weighted by Gasteiger charge is 2.18. The van der Waals surface area contributed by atoms with Gasteiger partial charge in [-0.3, -0.25) is 0 Å². The van der Waals surface area contributed by atoms with Crippen LogP contribution in [0, 0.1) is 0 Å². The summed E-state index contributed by atoms with van der Waals surface area (Å²) in [4.78, 5) is 2.14. The van der Waals surface area contributed by atoms with E-state index in [1.165, 1.54) is 18.5 Å². The molecule has 58 valence electrons. The molecule has 0 atom stereocenters. The number of rotatable bonds is 3. The third-order valence-corrected chi connectivity index (χ3v) is 1.73. The van der Waals surface area contributed by atoms with Gasteiger partial charge in [0.25, 0.3) is 0 Å². The van der Waals surface area contributed by atoms with Crippen molar-refractivity contribution in [1.29, 1.82) is 0 Å². The molecule has 10 heavy (non-hydrogen) atoms. The molecule has 0 aromatic rings. The zero-order chi connectivity index (χ0) is 7.56. The van der Waals surface area contributed by atoms with Crippen molar-refractivity contribution in [2.24, 2.45) is 0 Å². The highest BCUT2D eigenvalue weighted by Crippen LogP contribution is 2.32. The lowest BCUT2D eigenvalue weighted by Crippen LogP contribution is -2.15. The SMILES string of the molecule is COCC(=C1CC1)N(C)C. The average Bonchev–Trinajstić information content (AvgIpc) is 2.63. The predicted molar refractivity (Wildman–Crippen MR) is 41.8 cm³/mol. The molecule has 0 amide bonds. The zero-order valence-corrected chi connectivity index (χ0v) is 6.98. The van der Waals surface area contributed by atoms with E-state index in [1.54, 1.807) is 12.7 Å². The molecule has 1 aliphatic carbocycles. The number of nitrogens with zero attached hydrogens (tertiary/aromatic N) is 1. The first-order valence-electron chi connectivity index (χ1n) is 3.63. The summed E-state index contributed by atoms with van der Waals surface area (Å²) in [5, 5.41) is 0. The normalized spacial score (nSPS) is 15.3. The van der Waals surface area contributed by atoms with Crippen LogP contribution in [-0.4, -0.2) is 32.7 Å². The van der Waals surface area contributed by atoms with Gasteiger partial charge in [0, 0.05) is 26.9 Å². The van der Waals surface area contributed by atoms with Crippen LogP contribution < -0.4 is 0 Å². The quantitative estimate of drug-likeness (QED) is 0.586. The Morgan fingerprint density at radius 3 is 2.40 bits per heavy atom. The van der Waals surface area contributed by atoms with E-state index in [-0.39, 0.29) is 0 Å². The van der Waals surface area contributed by atoms with Crippen molar-refractivity contribution in [2.75, 3.05) is 27.8 Å². The maximum Gasteiger partial charge on any atom is 0.0860 e. The van der Waals surface area contributed by atoms with Crippen LogP contribution in [0.2, 0.25) is 0 Å². The minimum atomic E-state index is 0.766. The Morgan fingerprint density at radius 2 is 2.10 bits per heavy atom. The van der Waals surface area contributed by atoms with E-state index in [1.807, 2.05) is 0 Å². The Morgan fingerprint density at radius 1 is 1.50 bits per heavy atom. The molecule has 1 rings (SSSR count). The van der Waals surface area contributed by atoms with E-state index in [0.29, 0.717) is 0 Å². The summed E-state index contributed by atoms with van der Waals surface area (Å²) >= 11 is 0. The third-order valence-electron chi connectivity index (χ3n) is 1.73. The van der Waals surface area contributed by atoms with Gasteiger partial charge in [0.05, 0.1) is 6.61 Å². The molecule has 0 heterocycles. The Labute approximate surface area is 62.5 Å². The Bertz CT molecular complexity index is 143. The number of likely N-dealkylation sites (N-methyl/N-ethyl adjacent to an activating group) is 1. The van der Waals surface area contributed by atoms with E-state index in [9.17, 15) is 0 Å². The van der Waals surface area contributed by atoms with Crippen LogP contribution in [0.15, 0.2) is 11.3 Å². The first-order valence-corrected chi connectivity index (χ1v) is 3.63. The number of ether oxygens (including phenoxy) is 1. The second-order valence-corrected chi connectivity index (χ2v) is 2.88. The fourth-order valence-corrected chi connectivity index (χ4v) is 1.04. The molecule has 0 unspecified atom stereocenters. The molecule has 0 radical (unpaired) electrons. The smallest absolute Gasteiger partial charge is 0.0860 e. The maximum atomic E-state index is 5.07. The van der Waals surface area contributed by atoms with Crippen LogP contribution in [0.4, 0.5) is 0 Å². The molecule has 0 bridgehead atoms. The monoisotopic (exact) mass is 141 g/mol. The lowest BCUT2D eigenvalue weighted by Gasteiger charge is -2.15. The summed E-state index contributed by atoms with van der Waals surface area (Å²) in [6, 6.07) is 0. The first kappa shape index (κ1) is 7.61. The van der Waals surface area contributed by atoms with Crippen molar-refractivity contribution in [1.82, 2.24) is 4.90 Å². The maximum absolute atomic E-state index is 5.07. The summed E-state index contributed by atoms with van der Waals surface area (Å²) in [6.07, 6.45) is 2.55. The third kappa shape index (κ3) is 1.74. The Kier molecular flexibility index (Phi) is 2.33. The molecule has 0 aromatic heterocycles. The minimum absolute atomic E-state index is 0.766. The summed E-state index contributed by atoms with van der Waals surface area (Å²) < 4.78 is 5.07. The van der Waals surface area contributed by atoms with Crippen LogP contribution >= 0.6 is 0 Å². The molecular weight excluding hydrogens is 126 g/mol. The van der Waals surface area contributed by atoms with Crippen LogP contribution in [-0.2, 0) is 4.74 Å². The average molecular weight is 141 g/mol. The summed E-state index contributed by atoms with van der Waals surface area (Å²) in [5.41, 5.74) is 2.93. The van der Waals surface area contributed by atoms with Gasteiger partial charge < -0.3 is 9.64 Å². The Balaban J connectivity index is 2.52. The lowest BCUT2D eigenvalue weighted by atomic mass is 10.4. The van der Waals surface area contributed by atoms with Gasteiger partial charge in [-0.15, -0.1) is 0 Å². The van der Waals surface area contributed by atoms with Crippen molar-refractivity contribution in [3.05, 3.63) is 11.3 Å². The van der Waals surface area contributed by atoms with Gasteiger partial charge in [0.2, 0.25) is 0 Å². The second-order valence-electron chi connectivity index (χ2n) is 2.88. The van der Waals surface area contributed by atoms with E-state index >= 15 is 0 Å². The number of allylic oxidation sites excluding steroid dienone is 1. The number of methoxy groups -OCH3 is 1. The topological polar surface area (TPSA) is 12.5 Å². The predicted octanol–water partition coefficient (Wildman–Crippen LogP) is 1.24. The van der Waals surface area contributed by atoms with E-state index in [2.05, 4.69) is 19.0 Å². The van der Waals surface area contributed by atoms with Crippen LogP contribution in [0.5, 0.6) is 0 Å². The van der Waals surface area contributed by atoms with Crippen molar-refractivity contribution >= 4 is 0 Å². The molecule has 1 aliphatic rings. The number of hydrogen-bond acceptors (Lipinski definition) is 2. The first-order chi connectivity index (χ1) is 4.75. The molecule has 2 nitrogen and oxygen atoms in total. The molecule has 0 N–H and O–H groups in total. The summed E-state index contributed by atoms with van der Waals surface area (Å²) in [6.45, 7) is 0.766. The molecule has 1 saturated carbocycles. The van der Waals surface area contributed by atoms with Gasteiger partial charge >= 0.3 is 0 Å². The highest BCUT2D eigenvalue weighted by atomic mass is 16.5. The molecule has 0 spiro atoms. The van der Waals surface area contributed by atoms with Gasteiger partial charge in [0.15, 0.2) is 0 Å².